The molecule has 2 N–H and O–H groups in total. The second kappa shape index (κ2) is 8.28. The molecule has 0 spiro atoms. The maximum absolute atomic E-state index is 13.1. The summed E-state index contributed by atoms with van der Waals surface area (Å²) in [6, 6.07) is 34.0. The van der Waals surface area contributed by atoms with Gasteiger partial charge in [-0.2, -0.15) is 0 Å². The average molecular weight is 403 g/mol. The number of rotatable bonds is 5. The fourth-order valence-electron chi connectivity index (χ4n) is 3.73. The van der Waals surface area contributed by atoms with Crippen molar-refractivity contribution in [3.05, 3.63) is 119 Å². The SMILES string of the molecule is O=c1[nH]c(-c2ccccc2)cc2cc(-c3ccccc3)nc(NCc3ccccc3)c12. The first-order chi connectivity index (χ1) is 15.3. The van der Waals surface area contributed by atoms with Crippen LogP contribution in [0.3, 0.4) is 0 Å². The van der Waals surface area contributed by atoms with E-state index in [1.165, 1.54) is 0 Å². The number of nitrogens with zero attached hydrogens (tertiary/aromatic N) is 1. The molecule has 5 aromatic rings. The van der Waals surface area contributed by atoms with Crippen molar-refractivity contribution in [1.29, 1.82) is 0 Å². The molecule has 0 unspecified atom stereocenters. The van der Waals surface area contributed by atoms with Crippen LogP contribution in [-0.2, 0) is 6.54 Å². The number of hydrogen-bond donors (Lipinski definition) is 2. The maximum atomic E-state index is 13.1. The van der Waals surface area contributed by atoms with Gasteiger partial charge in [0.05, 0.1) is 11.1 Å². The smallest absolute Gasteiger partial charge is 0.260 e. The molecule has 0 aliphatic carbocycles. The summed E-state index contributed by atoms with van der Waals surface area (Å²) in [7, 11) is 0. The van der Waals surface area contributed by atoms with Gasteiger partial charge >= 0.3 is 0 Å². The lowest BCUT2D eigenvalue weighted by molar-refractivity contribution is 1.12. The number of aromatic nitrogens is 2. The quantitative estimate of drug-likeness (QED) is 0.386. The normalized spacial score (nSPS) is 10.8. The largest absolute Gasteiger partial charge is 0.365 e. The van der Waals surface area contributed by atoms with E-state index in [0.29, 0.717) is 17.7 Å². The third-order valence-corrected chi connectivity index (χ3v) is 5.28. The molecule has 31 heavy (non-hydrogen) atoms. The summed E-state index contributed by atoms with van der Waals surface area (Å²) in [6.45, 7) is 0.584. The van der Waals surface area contributed by atoms with Gasteiger partial charge in [-0.25, -0.2) is 4.98 Å². The summed E-state index contributed by atoms with van der Waals surface area (Å²) in [5, 5.41) is 4.80. The number of nitrogens with one attached hydrogen (secondary N) is 2. The van der Waals surface area contributed by atoms with Gasteiger partial charge in [0.15, 0.2) is 0 Å². The van der Waals surface area contributed by atoms with E-state index >= 15 is 0 Å². The molecular weight excluding hydrogens is 382 g/mol. The van der Waals surface area contributed by atoms with Gasteiger partial charge in [0.2, 0.25) is 0 Å². The number of fused-ring (bicyclic) bond motifs is 1. The topological polar surface area (TPSA) is 57.8 Å². The van der Waals surface area contributed by atoms with E-state index in [1.807, 2.05) is 103 Å². The Kier molecular flexibility index (Phi) is 5.03. The van der Waals surface area contributed by atoms with Gasteiger partial charge in [-0.05, 0) is 28.6 Å². The van der Waals surface area contributed by atoms with E-state index in [0.717, 1.165) is 33.5 Å². The highest BCUT2D eigenvalue weighted by molar-refractivity contribution is 5.95. The lowest BCUT2D eigenvalue weighted by atomic mass is 10.0. The molecular formula is C27H21N3O. The number of benzene rings is 3. The molecule has 0 saturated carbocycles. The maximum Gasteiger partial charge on any atom is 0.260 e. The van der Waals surface area contributed by atoms with Gasteiger partial charge in [0, 0.05) is 17.8 Å². The van der Waals surface area contributed by atoms with Gasteiger partial charge in [0.25, 0.3) is 5.56 Å². The van der Waals surface area contributed by atoms with Crippen LogP contribution in [0.4, 0.5) is 5.82 Å². The van der Waals surface area contributed by atoms with Crippen LogP contribution < -0.4 is 10.9 Å². The molecule has 4 heteroatoms. The van der Waals surface area contributed by atoms with Crippen LogP contribution in [0.15, 0.2) is 108 Å². The van der Waals surface area contributed by atoms with Gasteiger partial charge < -0.3 is 10.3 Å². The molecule has 150 valence electrons. The zero-order valence-corrected chi connectivity index (χ0v) is 16.9. The van der Waals surface area contributed by atoms with E-state index in [-0.39, 0.29) is 5.56 Å². The number of anilines is 1. The third-order valence-electron chi connectivity index (χ3n) is 5.28. The monoisotopic (exact) mass is 403 g/mol. The van der Waals surface area contributed by atoms with Crippen LogP contribution in [-0.4, -0.2) is 9.97 Å². The highest BCUT2D eigenvalue weighted by Crippen LogP contribution is 2.28. The lowest BCUT2D eigenvalue weighted by Gasteiger charge is -2.13. The van der Waals surface area contributed by atoms with Crippen molar-refractivity contribution in [3.63, 3.8) is 0 Å². The Morgan fingerprint density at radius 3 is 2.03 bits per heavy atom. The molecule has 0 aliphatic rings. The zero-order chi connectivity index (χ0) is 21.0. The predicted octanol–water partition coefficient (Wildman–Crippen LogP) is 5.87. The van der Waals surface area contributed by atoms with Crippen LogP contribution in [0.2, 0.25) is 0 Å². The second-order valence-electron chi connectivity index (χ2n) is 7.40. The molecule has 5 rings (SSSR count). The second-order valence-corrected chi connectivity index (χ2v) is 7.40. The minimum absolute atomic E-state index is 0.154. The molecule has 4 nitrogen and oxygen atoms in total. The first-order valence-electron chi connectivity index (χ1n) is 10.2. The van der Waals surface area contributed by atoms with Crippen molar-refractivity contribution in [2.24, 2.45) is 0 Å². The zero-order valence-electron chi connectivity index (χ0n) is 16.9. The van der Waals surface area contributed by atoms with E-state index in [9.17, 15) is 4.79 Å². The Balaban J connectivity index is 1.67. The Labute approximate surface area is 180 Å². The first-order valence-corrected chi connectivity index (χ1v) is 10.2. The van der Waals surface area contributed by atoms with Crippen molar-refractivity contribution in [2.75, 3.05) is 5.32 Å². The van der Waals surface area contributed by atoms with Gasteiger partial charge in [0.1, 0.15) is 5.82 Å². The van der Waals surface area contributed by atoms with Crippen molar-refractivity contribution in [1.82, 2.24) is 9.97 Å². The van der Waals surface area contributed by atoms with E-state index in [1.54, 1.807) is 0 Å². The van der Waals surface area contributed by atoms with Crippen molar-refractivity contribution in [2.45, 2.75) is 6.54 Å². The number of H-pyrrole nitrogens is 1. The van der Waals surface area contributed by atoms with Crippen LogP contribution >= 0.6 is 0 Å². The molecule has 0 atom stereocenters. The number of aromatic amines is 1. The summed E-state index contributed by atoms with van der Waals surface area (Å²) < 4.78 is 0. The summed E-state index contributed by atoms with van der Waals surface area (Å²) in [6.07, 6.45) is 0. The molecule has 0 fully saturated rings. The molecule has 2 aromatic heterocycles. The Bertz CT molecular complexity index is 1370. The fourth-order valence-corrected chi connectivity index (χ4v) is 3.73. The van der Waals surface area contributed by atoms with Crippen LogP contribution in [0.1, 0.15) is 5.56 Å². The van der Waals surface area contributed by atoms with E-state index < -0.39 is 0 Å². The average Bonchev–Trinajstić information content (AvgIpc) is 2.84. The molecule has 0 radical (unpaired) electrons. The van der Waals surface area contributed by atoms with Crippen LogP contribution in [0, 0.1) is 0 Å². The highest BCUT2D eigenvalue weighted by Gasteiger charge is 2.13. The van der Waals surface area contributed by atoms with Crippen molar-refractivity contribution >= 4 is 16.6 Å². The minimum Gasteiger partial charge on any atom is -0.365 e. The fraction of sp³-hybridized carbons (Fsp3) is 0.0370. The van der Waals surface area contributed by atoms with Crippen molar-refractivity contribution in [3.8, 4) is 22.5 Å². The molecule has 0 aliphatic heterocycles. The summed E-state index contributed by atoms with van der Waals surface area (Å²) in [5.41, 5.74) is 4.57. The number of pyridine rings is 2. The number of hydrogen-bond acceptors (Lipinski definition) is 3. The van der Waals surface area contributed by atoms with Gasteiger partial charge in [-0.15, -0.1) is 0 Å². The molecule has 0 amide bonds. The predicted molar refractivity (Wildman–Crippen MR) is 127 cm³/mol. The Hall–Kier alpha value is -4.18. The van der Waals surface area contributed by atoms with Crippen LogP contribution in [0.5, 0.6) is 0 Å². The molecule has 0 bridgehead atoms. The van der Waals surface area contributed by atoms with Crippen LogP contribution in [0.25, 0.3) is 33.3 Å². The Morgan fingerprint density at radius 1 is 0.742 bits per heavy atom. The molecule has 2 heterocycles. The Morgan fingerprint density at radius 2 is 1.35 bits per heavy atom. The lowest BCUT2D eigenvalue weighted by Crippen LogP contribution is -2.12. The van der Waals surface area contributed by atoms with E-state index in [2.05, 4.69) is 10.3 Å². The van der Waals surface area contributed by atoms with E-state index in [4.69, 9.17) is 4.98 Å². The molecule has 3 aromatic carbocycles. The highest BCUT2D eigenvalue weighted by atomic mass is 16.1. The summed E-state index contributed by atoms with van der Waals surface area (Å²) in [4.78, 5) is 21.0. The molecule has 0 saturated heterocycles. The minimum atomic E-state index is -0.154. The van der Waals surface area contributed by atoms with Crippen molar-refractivity contribution < 1.29 is 0 Å². The third kappa shape index (κ3) is 3.96. The summed E-state index contributed by atoms with van der Waals surface area (Å²) >= 11 is 0. The van der Waals surface area contributed by atoms with Gasteiger partial charge in [-0.3, -0.25) is 4.79 Å². The first kappa shape index (κ1) is 18.8. The summed E-state index contributed by atoms with van der Waals surface area (Å²) in [5.74, 6) is 0.584. The standard InChI is InChI=1S/C27H21N3O/c31-27-25-22(17-24(30-27)21-14-8-3-9-15-21)16-23(20-12-6-2-7-13-20)29-26(25)28-18-19-10-4-1-5-11-19/h1-17H,18H2,(H,28,29)(H,30,31). The van der Waals surface area contributed by atoms with Gasteiger partial charge in [-0.1, -0.05) is 91.0 Å².